The Morgan fingerprint density at radius 1 is 0.867 bits per heavy atom. The summed E-state index contributed by atoms with van der Waals surface area (Å²) in [6.07, 6.45) is -0.0431. The van der Waals surface area contributed by atoms with Crippen LogP contribution in [0.2, 0.25) is 0 Å². The normalized spacial score (nSPS) is 17.7. The van der Waals surface area contributed by atoms with Gasteiger partial charge in [-0.3, -0.25) is 0 Å². The first kappa shape index (κ1) is 20.4. The molecule has 1 saturated heterocycles. The van der Waals surface area contributed by atoms with Crippen molar-refractivity contribution in [1.29, 1.82) is 0 Å². The molecule has 1 aromatic heterocycles. The first-order valence-electron chi connectivity index (χ1n) is 10.2. The summed E-state index contributed by atoms with van der Waals surface area (Å²) < 4.78 is 24.1. The van der Waals surface area contributed by atoms with Crippen LogP contribution in [0.4, 0.5) is 0 Å². The molecule has 2 aromatic carbocycles. The topological polar surface area (TPSA) is 49.8 Å². The van der Waals surface area contributed by atoms with E-state index in [9.17, 15) is 0 Å². The molecule has 0 aliphatic carbocycles. The molecule has 1 aliphatic heterocycles. The molecule has 2 heterocycles. The molecular formula is C24H26BNO4. The minimum atomic E-state index is -0.531. The average molecular weight is 403 g/mol. The Kier molecular flexibility index (Phi) is 6.07. The first-order chi connectivity index (χ1) is 14.5. The molecule has 154 valence electrons. The molecule has 0 spiro atoms. The molecule has 1 unspecified atom stereocenters. The second-order valence-electron chi connectivity index (χ2n) is 7.92. The quantitative estimate of drug-likeness (QED) is 0.555. The maximum atomic E-state index is 6.13. The molecule has 4 rings (SSSR count). The van der Waals surface area contributed by atoms with Crippen LogP contribution in [0.15, 0.2) is 72.8 Å². The van der Waals surface area contributed by atoms with E-state index < -0.39 is 7.12 Å². The van der Waals surface area contributed by atoms with Crippen molar-refractivity contribution in [3.05, 3.63) is 83.9 Å². The fraction of sp³-hybridized carbons (Fsp3) is 0.292. The van der Waals surface area contributed by atoms with Gasteiger partial charge >= 0.3 is 7.12 Å². The summed E-state index contributed by atoms with van der Waals surface area (Å²) in [5, 5.41) is 0. The Bertz CT molecular complexity index is 965. The molecule has 0 N–H and O–H groups in total. The summed E-state index contributed by atoms with van der Waals surface area (Å²) in [6.45, 7) is 6.88. The lowest BCUT2D eigenvalue weighted by molar-refractivity contribution is 0.0842. The van der Waals surface area contributed by atoms with Gasteiger partial charge in [0.1, 0.15) is 13.2 Å². The highest BCUT2D eigenvalue weighted by Crippen LogP contribution is 2.28. The standard InChI is InChI=1S/C24H26BNO4/c1-18-24(2,3)30-25(29-18)21-14-15-22(27-16-19-10-6-4-7-11-19)26-23(21)28-17-20-12-8-5-9-13-20/h4-15,18H,16-17H2,1-3H3. The summed E-state index contributed by atoms with van der Waals surface area (Å²) in [4.78, 5) is 4.62. The van der Waals surface area contributed by atoms with Crippen LogP contribution in [0.25, 0.3) is 0 Å². The van der Waals surface area contributed by atoms with Crippen LogP contribution < -0.4 is 14.9 Å². The predicted octanol–water partition coefficient (Wildman–Crippen LogP) is 4.15. The van der Waals surface area contributed by atoms with Crippen LogP contribution in [0, 0.1) is 0 Å². The zero-order valence-corrected chi connectivity index (χ0v) is 17.6. The van der Waals surface area contributed by atoms with Crippen LogP contribution in [0.3, 0.4) is 0 Å². The second kappa shape index (κ2) is 8.90. The van der Waals surface area contributed by atoms with E-state index in [0.717, 1.165) is 16.6 Å². The molecule has 0 bridgehead atoms. The Morgan fingerprint density at radius 3 is 2.03 bits per heavy atom. The first-order valence-corrected chi connectivity index (χ1v) is 10.2. The molecule has 30 heavy (non-hydrogen) atoms. The summed E-state index contributed by atoms with van der Waals surface area (Å²) >= 11 is 0. The highest BCUT2D eigenvalue weighted by atomic mass is 16.7. The van der Waals surface area contributed by atoms with Crippen molar-refractivity contribution in [1.82, 2.24) is 4.98 Å². The number of ether oxygens (including phenoxy) is 2. The van der Waals surface area contributed by atoms with Gasteiger partial charge in [0.15, 0.2) is 0 Å². The fourth-order valence-electron chi connectivity index (χ4n) is 3.15. The summed E-state index contributed by atoms with van der Waals surface area (Å²) in [7, 11) is -0.531. The average Bonchev–Trinajstić information content (AvgIpc) is 3.04. The van der Waals surface area contributed by atoms with Gasteiger partial charge in [-0.2, -0.15) is 4.98 Å². The summed E-state index contributed by atoms with van der Waals surface area (Å²) in [5.41, 5.74) is 2.51. The minimum absolute atomic E-state index is 0.0431. The lowest BCUT2D eigenvalue weighted by Crippen LogP contribution is -2.36. The number of hydrogen-bond acceptors (Lipinski definition) is 5. The lowest BCUT2D eigenvalue weighted by atomic mass is 9.80. The van der Waals surface area contributed by atoms with Crippen LogP contribution >= 0.6 is 0 Å². The van der Waals surface area contributed by atoms with Gasteiger partial charge in [0.2, 0.25) is 11.8 Å². The van der Waals surface area contributed by atoms with Crippen molar-refractivity contribution >= 4 is 12.6 Å². The number of hydrogen-bond donors (Lipinski definition) is 0. The van der Waals surface area contributed by atoms with E-state index >= 15 is 0 Å². The molecule has 6 heteroatoms. The molecule has 1 fully saturated rings. The molecular weight excluding hydrogens is 377 g/mol. The van der Waals surface area contributed by atoms with Crippen molar-refractivity contribution in [2.45, 2.75) is 45.7 Å². The van der Waals surface area contributed by atoms with Gasteiger partial charge in [0.05, 0.1) is 11.7 Å². The molecule has 1 aliphatic rings. The predicted molar refractivity (Wildman–Crippen MR) is 117 cm³/mol. The van der Waals surface area contributed by atoms with Gasteiger partial charge in [0, 0.05) is 11.5 Å². The minimum Gasteiger partial charge on any atom is -0.473 e. The maximum Gasteiger partial charge on any atom is 0.500 e. The number of nitrogens with zero attached hydrogens (tertiary/aromatic N) is 1. The van der Waals surface area contributed by atoms with E-state index in [2.05, 4.69) is 4.98 Å². The smallest absolute Gasteiger partial charge is 0.473 e. The van der Waals surface area contributed by atoms with E-state index in [-0.39, 0.29) is 11.7 Å². The van der Waals surface area contributed by atoms with Crippen LogP contribution in [-0.2, 0) is 22.5 Å². The van der Waals surface area contributed by atoms with Crippen molar-refractivity contribution in [3.8, 4) is 11.8 Å². The van der Waals surface area contributed by atoms with Gasteiger partial charge in [-0.1, -0.05) is 66.7 Å². The third kappa shape index (κ3) is 4.83. The zero-order chi connectivity index (χ0) is 21.0. The number of aromatic nitrogens is 1. The van der Waals surface area contributed by atoms with Gasteiger partial charge in [0.25, 0.3) is 0 Å². The zero-order valence-electron chi connectivity index (χ0n) is 17.6. The van der Waals surface area contributed by atoms with Crippen LogP contribution in [0.1, 0.15) is 31.9 Å². The Hall–Kier alpha value is -2.83. The SMILES string of the molecule is CC1OB(c2ccc(OCc3ccccc3)nc2OCc2ccccc2)OC1(C)C. The van der Waals surface area contributed by atoms with Crippen molar-refractivity contribution in [2.75, 3.05) is 0 Å². The monoisotopic (exact) mass is 403 g/mol. The second-order valence-corrected chi connectivity index (χ2v) is 7.92. The van der Waals surface area contributed by atoms with E-state index in [1.807, 2.05) is 93.6 Å². The maximum absolute atomic E-state index is 6.13. The number of pyridine rings is 1. The molecule has 0 amide bonds. The lowest BCUT2D eigenvalue weighted by Gasteiger charge is -2.21. The molecule has 1 atom stereocenters. The van der Waals surface area contributed by atoms with E-state index in [4.69, 9.17) is 18.8 Å². The van der Waals surface area contributed by atoms with Crippen LogP contribution in [0.5, 0.6) is 11.8 Å². The Labute approximate surface area is 178 Å². The van der Waals surface area contributed by atoms with Gasteiger partial charge in [-0.25, -0.2) is 0 Å². The summed E-state index contributed by atoms with van der Waals surface area (Å²) in [6, 6.07) is 23.7. The van der Waals surface area contributed by atoms with Crippen LogP contribution in [-0.4, -0.2) is 23.8 Å². The van der Waals surface area contributed by atoms with Gasteiger partial charge in [-0.15, -0.1) is 0 Å². The number of benzene rings is 2. The largest absolute Gasteiger partial charge is 0.500 e. The van der Waals surface area contributed by atoms with E-state index in [1.54, 1.807) is 0 Å². The third-order valence-electron chi connectivity index (χ3n) is 5.28. The molecule has 5 nitrogen and oxygen atoms in total. The Balaban J connectivity index is 1.55. The molecule has 0 radical (unpaired) electrons. The number of rotatable bonds is 7. The molecule has 3 aromatic rings. The van der Waals surface area contributed by atoms with Crippen molar-refractivity contribution < 1.29 is 18.8 Å². The highest BCUT2D eigenvalue weighted by Gasteiger charge is 2.45. The van der Waals surface area contributed by atoms with Crippen molar-refractivity contribution in [3.63, 3.8) is 0 Å². The Morgan fingerprint density at radius 2 is 1.47 bits per heavy atom. The third-order valence-corrected chi connectivity index (χ3v) is 5.28. The van der Waals surface area contributed by atoms with E-state index in [0.29, 0.717) is 25.0 Å². The highest BCUT2D eigenvalue weighted by molar-refractivity contribution is 6.62. The van der Waals surface area contributed by atoms with E-state index in [1.165, 1.54) is 0 Å². The van der Waals surface area contributed by atoms with Gasteiger partial charge < -0.3 is 18.8 Å². The fourth-order valence-corrected chi connectivity index (χ4v) is 3.15. The van der Waals surface area contributed by atoms with Crippen molar-refractivity contribution in [2.24, 2.45) is 0 Å². The summed E-state index contributed by atoms with van der Waals surface area (Å²) in [5.74, 6) is 0.954. The van der Waals surface area contributed by atoms with Gasteiger partial charge in [-0.05, 0) is 31.9 Å². The molecule has 0 saturated carbocycles.